The van der Waals surface area contributed by atoms with Crippen LogP contribution < -0.4 is 10.6 Å². The first-order valence-corrected chi connectivity index (χ1v) is 8.71. The Morgan fingerprint density at radius 2 is 2.00 bits per heavy atom. The molecule has 0 aliphatic heterocycles. The van der Waals surface area contributed by atoms with Gasteiger partial charge in [0, 0.05) is 18.0 Å². The van der Waals surface area contributed by atoms with Gasteiger partial charge >= 0.3 is 0 Å². The molecule has 0 fully saturated rings. The third-order valence-corrected chi connectivity index (χ3v) is 4.53. The number of allylic oxidation sites excluding steroid dienone is 1. The molecule has 0 bridgehead atoms. The van der Waals surface area contributed by atoms with Gasteiger partial charge in [0.2, 0.25) is 5.95 Å². The van der Waals surface area contributed by atoms with Crippen LogP contribution in [0.2, 0.25) is 5.02 Å². The van der Waals surface area contributed by atoms with Gasteiger partial charge in [0.15, 0.2) is 0 Å². The number of phenols is 1. The molecule has 0 radical (unpaired) electrons. The maximum absolute atomic E-state index is 14.0. The molecule has 3 aromatic rings. The fourth-order valence-electron chi connectivity index (χ4n) is 2.98. The number of hydrogen-bond donors (Lipinski definition) is 3. The zero-order valence-electron chi connectivity index (χ0n) is 14.4. The third kappa shape index (κ3) is 3.71. The molecule has 1 aliphatic carbocycles. The van der Waals surface area contributed by atoms with E-state index in [0.717, 1.165) is 18.2 Å². The predicted octanol–water partition coefficient (Wildman–Crippen LogP) is 5.42. The van der Waals surface area contributed by atoms with Crippen molar-refractivity contribution in [2.24, 2.45) is 0 Å². The number of hydrogen-bond acceptors (Lipinski definition) is 5. The smallest absolute Gasteiger partial charge is 0.229 e. The highest BCUT2D eigenvalue weighted by Gasteiger charge is 2.12. The number of anilines is 4. The first-order valence-electron chi connectivity index (χ1n) is 8.33. The molecule has 3 N–H and O–H groups in total. The Labute approximate surface area is 160 Å². The quantitative estimate of drug-likeness (QED) is 0.562. The van der Waals surface area contributed by atoms with Gasteiger partial charge in [-0.3, -0.25) is 0 Å². The second kappa shape index (κ2) is 6.89. The standard InChI is InChI=1S/C20H16ClFN4O/c1-11-6-12-2-3-14(8-13(12)7-11)24-19-4-5-23-20(26-19)25-17-10-18(27)15(21)9-16(17)22/h2-5,7-10,27H,6H2,1H3,(H2,23,24,25,26). The summed E-state index contributed by atoms with van der Waals surface area (Å²) in [6.45, 7) is 2.11. The van der Waals surface area contributed by atoms with Crippen molar-refractivity contribution >= 4 is 40.8 Å². The van der Waals surface area contributed by atoms with E-state index in [2.05, 4.69) is 45.7 Å². The van der Waals surface area contributed by atoms with Crippen LogP contribution in [0.3, 0.4) is 0 Å². The number of nitrogens with zero attached hydrogens (tertiary/aromatic N) is 2. The van der Waals surface area contributed by atoms with E-state index in [9.17, 15) is 9.50 Å². The molecule has 27 heavy (non-hydrogen) atoms. The number of aromatic nitrogens is 2. The van der Waals surface area contributed by atoms with Crippen molar-refractivity contribution in [1.29, 1.82) is 0 Å². The largest absolute Gasteiger partial charge is 0.506 e. The SMILES string of the molecule is CC1=Cc2cc(Nc3ccnc(Nc4cc(O)c(Cl)cc4F)n3)ccc2C1. The van der Waals surface area contributed by atoms with Gasteiger partial charge in [-0.1, -0.05) is 29.3 Å². The van der Waals surface area contributed by atoms with Crippen molar-refractivity contribution in [3.05, 3.63) is 70.1 Å². The van der Waals surface area contributed by atoms with Crippen LogP contribution in [0, 0.1) is 5.82 Å². The summed E-state index contributed by atoms with van der Waals surface area (Å²) >= 11 is 5.69. The van der Waals surface area contributed by atoms with Crippen LogP contribution >= 0.6 is 11.6 Å². The molecule has 7 heteroatoms. The molecular weight excluding hydrogens is 367 g/mol. The first kappa shape index (κ1) is 17.3. The number of fused-ring (bicyclic) bond motifs is 1. The number of nitrogens with one attached hydrogen (secondary N) is 2. The molecule has 0 amide bonds. The van der Waals surface area contributed by atoms with Gasteiger partial charge in [0.25, 0.3) is 0 Å². The van der Waals surface area contributed by atoms with Crippen molar-refractivity contribution in [1.82, 2.24) is 9.97 Å². The van der Waals surface area contributed by atoms with E-state index in [0.29, 0.717) is 5.82 Å². The monoisotopic (exact) mass is 382 g/mol. The van der Waals surface area contributed by atoms with Crippen LogP contribution in [-0.2, 0) is 6.42 Å². The number of benzene rings is 2. The summed E-state index contributed by atoms with van der Waals surface area (Å²) in [6, 6.07) is 10.1. The van der Waals surface area contributed by atoms with Crippen LogP contribution in [0.4, 0.5) is 27.5 Å². The maximum Gasteiger partial charge on any atom is 0.229 e. The lowest BCUT2D eigenvalue weighted by Gasteiger charge is -2.10. The average molecular weight is 383 g/mol. The summed E-state index contributed by atoms with van der Waals surface area (Å²) in [7, 11) is 0. The molecule has 4 rings (SSSR count). The van der Waals surface area contributed by atoms with Gasteiger partial charge in [-0.15, -0.1) is 0 Å². The van der Waals surface area contributed by atoms with E-state index in [1.807, 2.05) is 6.07 Å². The van der Waals surface area contributed by atoms with Crippen molar-refractivity contribution < 1.29 is 9.50 Å². The fourth-order valence-corrected chi connectivity index (χ4v) is 3.13. The van der Waals surface area contributed by atoms with Gasteiger partial charge in [-0.25, -0.2) is 9.37 Å². The molecule has 1 aromatic heterocycles. The second-order valence-corrected chi connectivity index (χ2v) is 6.79. The highest BCUT2D eigenvalue weighted by atomic mass is 35.5. The zero-order valence-corrected chi connectivity index (χ0v) is 15.2. The van der Waals surface area contributed by atoms with Gasteiger partial charge in [-0.2, -0.15) is 4.98 Å². The molecule has 0 unspecified atom stereocenters. The van der Waals surface area contributed by atoms with Gasteiger partial charge in [0.05, 0.1) is 10.7 Å². The van der Waals surface area contributed by atoms with Gasteiger partial charge in [-0.05, 0) is 48.7 Å². The molecule has 1 heterocycles. The van der Waals surface area contributed by atoms with Crippen molar-refractivity contribution in [2.45, 2.75) is 13.3 Å². The summed E-state index contributed by atoms with van der Waals surface area (Å²) in [5, 5.41) is 15.6. The highest BCUT2D eigenvalue weighted by Crippen LogP contribution is 2.31. The van der Waals surface area contributed by atoms with Crippen LogP contribution in [0.1, 0.15) is 18.1 Å². The van der Waals surface area contributed by atoms with Crippen LogP contribution in [0.25, 0.3) is 6.08 Å². The van der Waals surface area contributed by atoms with Gasteiger partial charge in [0.1, 0.15) is 17.4 Å². The fraction of sp³-hybridized carbons (Fsp3) is 0.100. The second-order valence-electron chi connectivity index (χ2n) is 6.38. The van der Waals surface area contributed by atoms with E-state index < -0.39 is 5.82 Å². The van der Waals surface area contributed by atoms with Gasteiger partial charge < -0.3 is 15.7 Å². The minimum absolute atomic E-state index is 0.0344. The molecule has 2 aromatic carbocycles. The Morgan fingerprint density at radius 3 is 2.85 bits per heavy atom. The lowest BCUT2D eigenvalue weighted by Crippen LogP contribution is -2.02. The average Bonchev–Trinajstić information content (AvgIpc) is 2.99. The topological polar surface area (TPSA) is 70.1 Å². The lowest BCUT2D eigenvalue weighted by atomic mass is 10.1. The van der Waals surface area contributed by atoms with E-state index in [4.69, 9.17) is 11.6 Å². The number of halogens is 2. The minimum atomic E-state index is -0.611. The van der Waals surface area contributed by atoms with Crippen LogP contribution in [0.15, 0.2) is 48.2 Å². The van der Waals surface area contributed by atoms with E-state index in [-0.39, 0.29) is 22.4 Å². The Morgan fingerprint density at radius 1 is 1.15 bits per heavy atom. The summed E-state index contributed by atoms with van der Waals surface area (Å²) in [5.74, 6) is -0.0841. The molecule has 136 valence electrons. The number of phenolic OH excluding ortho intramolecular Hbond substituents is 1. The predicted molar refractivity (Wildman–Crippen MR) is 105 cm³/mol. The van der Waals surface area contributed by atoms with Crippen molar-refractivity contribution in [3.63, 3.8) is 0 Å². The maximum atomic E-state index is 14.0. The molecule has 5 nitrogen and oxygen atoms in total. The molecule has 0 atom stereocenters. The first-order chi connectivity index (χ1) is 13.0. The Bertz CT molecular complexity index is 1070. The molecule has 0 spiro atoms. The van der Waals surface area contributed by atoms with Crippen molar-refractivity contribution in [2.75, 3.05) is 10.6 Å². The summed E-state index contributed by atoms with van der Waals surface area (Å²) < 4.78 is 14.0. The van der Waals surface area contributed by atoms with E-state index in [1.165, 1.54) is 22.8 Å². The lowest BCUT2D eigenvalue weighted by molar-refractivity contribution is 0.474. The Kier molecular flexibility index (Phi) is 4.41. The third-order valence-electron chi connectivity index (χ3n) is 4.23. The highest BCUT2D eigenvalue weighted by molar-refractivity contribution is 6.32. The summed E-state index contributed by atoms with van der Waals surface area (Å²) in [5.41, 5.74) is 4.78. The zero-order chi connectivity index (χ0) is 19.0. The molecule has 1 aliphatic rings. The van der Waals surface area contributed by atoms with Crippen LogP contribution in [0.5, 0.6) is 5.75 Å². The summed E-state index contributed by atoms with van der Waals surface area (Å²) in [6.07, 6.45) is 4.71. The Balaban J connectivity index is 1.55. The number of aromatic hydroxyl groups is 1. The molecule has 0 saturated heterocycles. The van der Waals surface area contributed by atoms with Crippen molar-refractivity contribution in [3.8, 4) is 5.75 Å². The molecular formula is C20H16ClFN4O. The normalized spacial score (nSPS) is 12.5. The summed E-state index contributed by atoms with van der Waals surface area (Å²) in [4.78, 5) is 8.42. The van der Waals surface area contributed by atoms with Crippen LogP contribution in [-0.4, -0.2) is 15.1 Å². The van der Waals surface area contributed by atoms with E-state index >= 15 is 0 Å². The number of rotatable bonds is 4. The minimum Gasteiger partial charge on any atom is -0.506 e. The Hall–Kier alpha value is -3.12. The molecule has 0 saturated carbocycles. The van der Waals surface area contributed by atoms with E-state index in [1.54, 1.807) is 12.3 Å².